The van der Waals surface area contributed by atoms with Crippen molar-refractivity contribution in [2.75, 3.05) is 7.05 Å². The molecule has 0 radical (unpaired) electrons. The van der Waals surface area contributed by atoms with Gasteiger partial charge in [0, 0.05) is 26.0 Å². The van der Waals surface area contributed by atoms with Crippen LogP contribution in [0.2, 0.25) is 0 Å². The fraction of sp³-hybridized carbons (Fsp3) is 0.211. The topological polar surface area (TPSA) is 120 Å². The van der Waals surface area contributed by atoms with Crippen LogP contribution in [0.25, 0.3) is 0 Å². The molecule has 0 unspecified atom stereocenters. The van der Waals surface area contributed by atoms with E-state index in [1.165, 1.54) is 20.0 Å². The normalized spacial score (nSPS) is 11.8. The van der Waals surface area contributed by atoms with Gasteiger partial charge in [0.1, 0.15) is 23.8 Å². The maximum atomic E-state index is 11.9. The van der Waals surface area contributed by atoms with Crippen LogP contribution >= 0.6 is 0 Å². The summed E-state index contributed by atoms with van der Waals surface area (Å²) in [5.74, 6) is -0.708. The maximum Gasteiger partial charge on any atom is 0.242 e. The molecule has 140 valence electrons. The molecule has 0 aliphatic heterocycles. The molecule has 0 aliphatic rings. The van der Waals surface area contributed by atoms with Gasteiger partial charge >= 0.3 is 0 Å². The molecule has 0 bridgehead atoms. The molecule has 0 aliphatic carbocycles. The van der Waals surface area contributed by atoms with Crippen LogP contribution < -0.4 is 10.6 Å². The number of carbonyl (C=O) groups is 3. The Kier molecular flexibility index (Phi) is 6.76. The zero-order valence-corrected chi connectivity index (χ0v) is 15.0. The molecule has 1 atom stereocenters. The van der Waals surface area contributed by atoms with Gasteiger partial charge in [0.2, 0.25) is 11.8 Å². The van der Waals surface area contributed by atoms with Gasteiger partial charge in [-0.05, 0) is 42.0 Å². The van der Waals surface area contributed by atoms with E-state index in [1.807, 2.05) is 0 Å². The Bertz CT molecular complexity index is 863. The highest BCUT2D eigenvalue weighted by Gasteiger charge is 2.19. The number of phenols is 1. The average molecular weight is 368 g/mol. The van der Waals surface area contributed by atoms with Crippen LogP contribution in [0, 0.1) is 0 Å². The second-order valence-corrected chi connectivity index (χ2v) is 5.80. The number of benzene rings is 2. The van der Waals surface area contributed by atoms with E-state index in [-0.39, 0.29) is 29.7 Å². The van der Waals surface area contributed by atoms with E-state index in [1.54, 1.807) is 36.4 Å². The van der Waals surface area contributed by atoms with Crippen LogP contribution in [0.15, 0.2) is 52.7 Å². The molecule has 2 amide bonds. The Hall–Kier alpha value is -3.55. The monoisotopic (exact) mass is 368 g/mol. The zero-order valence-electron chi connectivity index (χ0n) is 15.0. The Morgan fingerprint density at radius 3 is 2.44 bits per heavy atom. The number of azo groups is 1. The number of phenolic OH excluding ortho intramolecular Hbond substituents is 1. The molecule has 8 heteroatoms. The minimum absolute atomic E-state index is 0.0666. The number of hydrogen-bond donors (Lipinski definition) is 3. The minimum Gasteiger partial charge on any atom is -0.506 e. The largest absolute Gasteiger partial charge is 0.506 e. The lowest BCUT2D eigenvalue weighted by molar-refractivity contribution is -0.127. The number of likely N-dealkylation sites (N-methyl/N-ethyl adjacent to an activating group) is 1. The van der Waals surface area contributed by atoms with Crippen molar-refractivity contribution in [2.24, 2.45) is 10.2 Å². The van der Waals surface area contributed by atoms with E-state index >= 15 is 0 Å². The van der Waals surface area contributed by atoms with Crippen LogP contribution in [0.4, 0.5) is 11.4 Å². The molecule has 2 rings (SSSR count). The molecule has 0 heterocycles. The fourth-order valence-corrected chi connectivity index (χ4v) is 2.37. The Labute approximate surface area is 156 Å². The first-order valence-corrected chi connectivity index (χ1v) is 8.20. The SMILES string of the molecule is CNC(=O)[C@H](Cc1ccc(O)c(N=Nc2ccc(C=O)cc2)c1)NC(C)=O. The third-order valence-electron chi connectivity index (χ3n) is 3.72. The lowest BCUT2D eigenvalue weighted by Crippen LogP contribution is -2.46. The molecule has 8 nitrogen and oxygen atoms in total. The first kappa shape index (κ1) is 19.8. The quantitative estimate of drug-likeness (QED) is 0.513. The first-order chi connectivity index (χ1) is 12.9. The second-order valence-electron chi connectivity index (χ2n) is 5.80. The second kappa shape index (κ2) is 9.23. The van der Waals surface area contributed by atoms with Crippen LogP contribution in [-0.4, -0.2) is 36.3 Å². The third kappa shape index (κ3) is 5.74. The van der Waals surface area contributed by atoms with Crippen molar-refractivity contribution < 1.29 is 19.5 Å². The van der Waals surface area contributed by atoms with Crippen molar-refractivity contribution in [3.8, 4) is 5.75 Å². The van der Waals surface area contributed by atoms with Gasteiger partial charge in [0.15, 0.2) is 0 Å². The van der Waals surface area contributed by atoms with E-state index in [0.29, 0.717) is 16.8 Å². The Morgan fingerprint density at radius 1 is 1.15 bits per heavy atom. The molecule has 0 saturated heterocycles. The number of nitrogens with one attached hydrogen (secondary N) is 2. The Morgan fingerprint density at radius 2 is 1.85 bits per heavy atom. The van der Waals surface area contributed by atoms with Crippen molar-refractivity contribution in [1.29, 1.82) is 0 Å². The highest BCUT2D eigenvalue weighted by atomic mass is 16.3. The highest BCUT2D eigenvalue weighted by molar-refractivity contribution is 5.86. The minimum atomic E-state index is -0.738. The van der Waals surface area contributed by atoms with Crippen molar-refractivity contribution in [3.05, 3.63) is 53.6 Å². The van der Waals surface area contributed by atoms with Gasteiger partial charge in [-0.2, -0.15) is 5.11 Å². The molecule has 0 spiro atoms. The molecule has 0 aromatic heterocycles. The molecule has 0 fully saturated rings. The molecule has 0 saturated carbocycles. The van der Waals surface area contributed by atoms with Crippen LogP contribution in [0.1, 0.15) is 22.8 Å². The summed E-state index contributed by atoms with van der Waals surface area (Å²) >= 11 is 0. The van der Waals surface area contributed by atoms with Crippen LogP contribution in [0.5, 0.6) is 5.75 Å². The van der Waals surface area contributed by atoms with E-state index < -0.39 is 6.04 Å². The third-order valence-corrected chi connectivity index (χ3v) is 3.72. The first-order valence-electron chi connectivity index (χ1n) is 8.20. The number of carbonyl (C=O) groups excluding carboxylic acids is 3. The van der Waals surface area contributed by atoms with Crippen molar-refractivity contribution >= 4 is 29.5 Å². The summed E-state index contributed by atoms with van der Waals surface area (Å²) in [5, 5.41) is 23.1. The van der Waals surface area contributed by atoms with Crippen molar-refractivity contribution in [2.45, 2.75) is 19.4 Å². The summed E-state index contributed by atoms with van der Waals surface area (Å²) in [6, 6.07) is 10.4. The number of hydrogen-bond acceptors (Lipinski definition) is 6. The zero-order chi connectivity index (χ0) is 19.8. The van der Waals surface area contributed by atoms with Gasteiger partial charge in [-0.25, -0.2) is 0 Å². The lowest BCUT2D eigenvalue weighted by atomic mass is 10.0. The summed E-state index contributed by atoms with van der Waals surface area (Å²) in [5.41, 5.74) is 1.97. The molecule has 27 heavy (non-hydrogen) atoms. The van der Waals surface area contributed by atoms with E-state index in [9.17, 15) is 19.5 Å². The summed E-state index contributed by atoms with van der Waals surface area (Å²) < 4.78 is 0. The molecular weight excluding hydrogens is 348 g/mol. The summed E-state index contributed by atoms with van der Waals surface area (Å²) in [6.45, 7) is 1.34. The van der Waals surface area contributed by atoms with Crippen LogP contribution in [-0.2, 0) is 16.0 Å². The molecular formula is C19H20N4O4. The van der Waals surface area contributed by atoms with Gasteiger partial charge in [0.25, 0.3) is 0 Å². The number of nitrogens with zero attached hydrogens (tertiary/aromatic N) is 2. The number of aromatic hydroxyl groups is 1. The fourth-order valence-electron chi connectivity index (χ4n) is 2.37. The Balaban J connectivity index is 2.20. The van der Waals surface area contributed by atoms with E-state index in [2.05, 4.69) is 20.9 Å². The predicted molar refractivity (Wildman–Crippen MR) is 99.5 cm³/mol. The van der Waals surface area contributed by atoms with Crippen molar-refractivity contribution in [3.63, 3.8) is 0 Å². The molecule has 2 aromatic rings. The number of amides is 2. The van der Waals surface area contributed by atoms with E-state index in [4.69, 9.17) is 0 Å². The molecule has 3 N–H and O–H groups in total. The van der Waals surface area contributed by atoms with Gasteiger partial charge in [0.05, 0.1) is 5.69 Å². The summed E-state index contributed by atoms with van der Waals surface area (Å²) in [6.07, 6.45) is 0.963. The lowest BCUT2D eigenvalue weighted by Gasteiger charge is -2.16. The van der Waals surface area contributed by atoms with Gasteiger partial charge < -0.3 is 15.7 Å². The van der Waals surface area contributed by atoms with Gasteiger partial charge in [-0.1, -0.05) is 6.07 Å². The average Bonchev–Trinajstić information content (AvgIpc) is 2.67. The standard InChI is InChI=1S/C19H20N4O4/c1-12(25)21-17(19(27)20-2)10-14-5-8-18(26)16(9-14)23-22-15-6-3-13(11-24)4-7-15/h3-9,11,17,26H,10H2,1-2H3,(H,20,27)(H,21,25)/t17-/m0/s1. The smallest absolute Gasteiger partial charge is 0.242 e. The van der Waals surface area contributed by atoms with E-state index in [0.717, 1.165) is 6.29 Å². The number of rotatable bonds is 7. The molecule has 2 aromatic carbocycles. The van der Waals surface area contributed by atoms with Gasteiger partial charge in [-0.15, -0.1) is 5.11 Å². The highest BCUT2D eigenvalue weighted by Crippen LogP contribution is 2.29. The number of aldehydes is 1. The van der Waals surface area contributed by atoms with Crippen molar-refractivity contribution in [1.82, 2.24) is 10.6 Å². The maximum absolute atomic E-state index is 11.9. The van der Waals surface area contributed by atoms with Crippen LogP contribution in [0.3, 0.4) is 0 Å². The summed E-state index contributed by atoms with van der Waals surface area (Å²) in [7, 11) is 1.49. The summed E-state index contributed by atoms with van der Waals surface area (Å²) in [4.78, 5) is 33.9. The predicted octanol–water partition coefficient (Wildman–Crippen LogP) is 2.41. The van der Waals surface area contributed by atoms with Gasteiger partial charge in [-0.3, -0.25) is 14.4 Å².